The lowest BCUT2D eigenvalue weighted by molar-refractivity contribution is 0.0742. The van der Waals surface area contributed by atoms with Gasteiger partial charge in [-0.3, -0.25) is 5.10 Å². The van der Waals surface area contributed by atoms with Crippen molar-refractivity contribution in [3.63, 3.8) is 0 Å². The van der Waals surface area contributed by atoms with E-state index in [1.165, 1.54) is 0 Å². The molecule has 3 N–H and O–H groups in total. The zero-order valence-electron chi connectivity index (χ0n) is 13.8. The first-order valence-electron chi connectivity index (χ1n) is 7.65. The number of hydrogen-bond acceptors (Lipinski definition) is 3. The molecule has 0 aliphatic heterocycles. The van der Waals surface area contributed by atoms with Gasteiger partial charge in [-0.2, -0.15) is 5.10 Å². The maximum absolute atomic E-state index is 12.1. The van der Waals surface area contributed by atoms with Gasteiger partial charge in [-0.05, 0) is 26.3 Å². The molecule has 124 valence electrons. The fraction of sp³-hybridized carbons (Fsp3) is 0.412. The molecule has 1 atom stereocenters. The Hall–Kier alpha value is -2.34. The summed E-state index contributed by atoms with van der Waals surface area (Å²) in [6, 6.07) is 9.61. The molecule has 0 spiro atoms. The second-order valence-corrected chi connectivity index (χ2v) is 6.21. The summed E-state index contributed by atoms with van der Waals surface area (Å²) in [5.41, 5.74) is 1.58. The lowest BCUT2D eigenvalue weighted by Crippen LogP contribution is -2.51. The van der Waals surface area contributed by atoms with Gasteiger partial charge in [-0.25, -0.2) is 4.79 Å². The van der Waals surface area contributed by atoms with Gasteiger partial charge < -0.3 is 15.4 Å². The molecule has 6 heteroatoms. The van der Waals surface area contributed by atoms with E-state index >= 15 is 0 Å². The third-order valence-corrected chi connectivity index (χ3v) is 3.39. The van der Waals surface area contributed by atoms with Crippen LogP contribution in [0.25, 0.3) is 0 Å². The molecule has 1 aromatic heterocycles. The van der Waals surface area contributed by atoms with Crippen LogP contribution < -0.4 is 10.6 Å². The molecule has 0 radical (unpaired) electrons. The largest absolute Gasteiger partial charge is 0.374 e. The minimum absolute atomic E-state index is 0.116. The van der Waals surface area contributed by atoms with Crippen LogP contribution in [0.4, 0.5) is 4.79 Å². The monoisotopic (exact) mass is 316 g/mol. The number of carbonyl (C=O) groups is 1. The fourth-order valence-corrected chi connectivity index (χ4v) is 2.16. The minimum atomic E-state index is -0.463. The number of amides is 2. The van der Waals surface area contributed by atoms with Gasteiger partial charge in [-0.15, -0.1) is 0 Å². The van der Waals surface area contributed by atoms with Crippen LogP contribution in [-0.4, -0.2) is 28.4 Å². The molecular formula is C17H24N4O2. The fourth-order valence-electron chi connectivity index (χ4n) is 2.16. The van der Waals surface area contributed by atoms with E-state index in [1.807, 2.05) is 51.1 Å². The Kier molecular flexibility index (Phi) is 5.76. The van der Waals surface area contributed by atoms with E-state index in [1.54, 1.807) is 12.4 Å². The highest BCUT2D eigenvalue weighted by molar-refractivity contribution is 5.75. The summed E-state index contributed by atoms with van der Waals surface area (Å²) in [7, 11) is 0. The molecule has 0 bridgehead atoms. The van der Waals surface area contributed by atoms with Crippen molar-refractivity contribution in [2.75, 3.05) is 6.61 Å². The van der Waals surface area contributed by atoms with E-state index < -0.39 is 5.54 Å². The molecule has 1 heterocycles. The number of aromatic nitrogens is 2. The molecule has 0 aliphatic carbocycles. The molecule has 23 heavy (non-hydrogen) atoms. The summed E-state index contributed by atoms with van der Waals surface area (Å²) < 4.78 is 5.71. The smallest absolute Gasteiger partial charge is 0.315 e. The Morgan fingerprint density at radius 3 is 2.74 bits per heavy atom. The van der Waals surface area contributed by atoms with Gasteiger partial charge in [0.25, 0.3) is 0 Å². The number of rotatable bonds is 7. The number of aromatic amines is 1. The number of ether oxygens (including phenoxy) is 1. The van der Waals surface area contributed by atoms with Crippen molar-refractivity contribution < 1.29 is 9.53 Å². The molecule has 1 aromatic carbocycles. The van der Waals surface area contributed by atoms with Crippen LogP contribution in [0.5, 0.6) is 0 Å². The molecular weight excluding hydrogens is 292 g/mol. The summed E-state index contributed by atoms with van der Waals surface area (Å²) in [6.45, 7) is 6.72. The zero-order chi connectivity index (χ0) is 16.7. The average Bonchev–Trinajstić information content (AvgIpc) is 3.01. The van der Waals surface area contributed by atoms with Crippen molar-refractivity contribution in [2.24, 2.45) is 0 Å². The molecule has 0 aliphatic rings. The number of nitrogens with one attached hydrogen (secondary N) is 3. The first-order valence-corrected chi connectivity index (χ1v) is 7.65. The topological polar surface area (TPSA) is 79.0 Å². The summed E-state index contributed by atoms with van der Waals surface area (Å²) in [6.07, 6.45) is 3.46. The normalized spacial score (nSPS) is 12.7. The van der Waals surface area contributed by atoms with Crippen LogP contribution >= 0.6 is 0 Å². The maximum Gasteiger partial charge on any atom is 0.315 e. The van der Waals surface area contributed by atoms with Crippen molar-refractivity contribution in [1.82, 2.24) is 20.8 Å². The van der Waals surface area contributed by atoms with Crippen molar-refractivity contribution in [1.29, 1.82) is 0 Å². The first-order chi connectivity index (χ1) is 11.0. The first kappa shape index (κ1) is 17.0. The molecule has 0 saturated carbocycles. The molecule has 2 aromatic rings. The number of urea groups is 1. The number of H-pyrrole nitrogens is 1. The molecule has 2 rings (SSSR count). The summed E-state index contributed by atoms with van der Waals surface area (Å²) >= 11 is 0. The molecule has 0 unspecified atom stereocenters. The van der Waals surface area contributed by atoms with Gasteiger partial charge >= 0.3 is 6.03 Å². The van der Waals surface area contributed by atoms with E-state index in [0.29, 0.717) is 13.2 Å². The summed E-state index contributed by atoms with van der Waals surface area (Å²) in [4.78, 5) is 12.1. The van der Waals surface area contributed by atoms with Crippen LogP contribution in [0.3, 0.4) is 0 Å². The van der Waals surface area contributed by atoms with E-state index in [9.17, 15) is 4.79 Å². The van der Waals surface area contributed by atoms with Gasteiger partial charge in [-0.1, -0.05) is 30.3 Å². The van der Waals surface area contributed by atoms with E-state index in [0.717, 1.165) is 11.1 Å². The minimum Gasteiger partial charge on any atom is -0.374 e. The van der Waals surface area contributed by atoms with Gasteiger partial charge in [0.1, 0.15) is 0 Å². The molecule has 0 saturated heterocycles. The Balaban J connectivity index is 1.75. The SMILES string of the molecule is C[C@@H](NC(=O)NC(C)(C)COCc1ccccc1)c1cn[nH]c1. The van der Waals surface area contributed by atoms with E-state index in [4.69, 9.17) is 4.74 Å². The van der Waals surface area contributed by atoms with Crippen LogP contribution in [0.15, 0.2) is 42.7 Å². The Morgan fingerprint density at radius 1 is 1.35 bits per heavy atom. The third kappa shape index (κ3) is 5.75. The third-order valence-electron chi connectivity index (χ3n) is 3.39. The average molecular weight is 316 g/mol. The van der Waals surface area contributed by atoms with Crippen LogP contribution in [0.1, 0.15) is 37.9 Å². The molecule has 6 nitrogen and oxygen atoms in total. The highest BCUT2D eigenvalue weighted by Crippen LogP contribution is 2.10. The predicted molar refractivity (Wildman–Crippen MR) is 88.8 cm³/mol. The van der Waals surface area contributed by atoms with Gasteiger partial charge in [0.15, 0.2) is 0 Å². The highest BCUT2D eigenvalue weighted by Gasteiger charge is 2.22. The van der Waals surface area contributed by atoms with Gasteiger partial charge in [0.05, 0.1) is 31.0 Å². The Bertz CT molecular complexity index is 596. The van der Waals surface area contributed by atoms with Gasteiger partial charge in [0, 0.05) is 11.8 Å². The summed E-state index contributed by atoms with van der Waals surface area (Å²) in [5, 5.41) is 12.4. The maximum atomic E-state index is 12.1. The number of nitrogens with zero attached hydrogens (tertiary/aromatic N) is 1. The number of benzene rings is 1. The second-order valence-electron chi connectivity index (χ2n) is 6.21. The van der Waals surface area contributed by atoms with Crippen LogP contribution in [-0.2, 0) is 11.3 Å². The summed E-state index contributed by atoms with van der Waals surface area (Å²) in [5.74, 6) is 0. The van der Waals surface area contributed by atoms with E-state index in [2.05, 4.69) is 20.8 Å². The second kappa shape index (κ2) is 7.78. The van der Waals surface area contributed by atoms with E-state index in [-0.39, 0.29) is 12.1 Å². The standard InChI is InChI=1S/C17H24N4O2/c1-13(15-9-18-19-10-15)20-16(22)21-17(2,3)12-23-11-14-7-5-4-6-8-14/h4-10,13H,11-12H2,1-3H3,(H,18,19)(H2,20,21,22)/t13-/m1/s1. The number of hydrogen-bond donors (Lipinski definition) is 3. The quantitative estimate of drug-likeness (QED) is 0.735. The lowest BCUT2D eigenvalue weighted by atomic mass is 10.1. The predicted octanol–water partition coefficient (Wildman–Crippen LogP) is 2.77. The lowest BCUT2D eigenvalue weighted by Gasteiger charge is -2.27. The zero-order valence-corrected chi connectivity index (χ0v) is 13.8. The number of carbonyl (C=O) groups excluding carboxylic acids is 1. The molecule has 0 fully saturated rings. The Labute approximate surface area is 136 Å². The van der Waals surface area contributed by atoms with Crippen molar-refractivity contribution in [3.8, 4) is 0 Å². The van der Waals surface area contributed by atoms with Crippen LogP contribution in [0.2, 0.25) is 0 Å². The highest BCUT2D eigenvalue weighted by atomic mass is 16.5. The van der Waals surface area contributed by atoms with Crippen LogP contribution in [0, 0.1) is 0 Å². The molecule has 2 amide bonds. The Morgan fingerprint density at radius 2 is 2.09 bits per heavy atom. The van der Waals surface area contributed by atoms with Crippen molar-refractivity contribution in [2.45, 2.75) is 39.0 Å². The van der Waals surface area contributed by atoms with Crippen molar-refractivity contribution >= 4 is 6.03 Å². The van der Waals surface area contributed by atoms with Crippen molar-refractivity contribution in [3.05, 3.63) is 53.9 Å². The van der Waals surface area contributed by atoms with Gasteiger partial charge in [0.2, 0.25) is 0 Å².